The first-order chi connectivity index (χ1) is 7.65. The van der Waals surface area contributed by atoms with Gasteiger partial charge in [-0.15, -0.1) is 0 Å². The largest absolute Gasteiger partial charge is 0.377 e. The lowest BCUT2D eigenvalue weighted by molar-refractivity contribution is -0.130. The van der Waals surface area contributed by atoms with Crippen molar-refractivity contribution in [3.05, 3.63) is 0 Å². The molecule has 0 aliphatic heterocycles. The molecule has 0 bridgehead atoms. The Balaban J connectivity index is 2.22. The molecule has 4 heteroatoms. The highest BCUT2D eigenvalue weighted by Gasteiger charge is 2.24. The average molecular weight is 228 g/mol. The summed E-state index contributed by atoms with van der Waals surface area (Å²) in [7, 11) is 3.54. The van der Waals surface area contributed by atoms with Crippen LogP contribution in [-0.4, -0.2) is 44.2 Å². The molecule has 0 spiro atoms. The van der Waals surface area contributed by atoms with Gasteiger partial charge in [-0.2, -0.15) is 0 Å². The third-order valence-electron chi connectivity index (χ3n) is 3.29. The summed E-state index contributed by atoms with van der Waals surface area (Å²) >= 11 is 0. The van der Waals surface area contributed by atoms with E-state index in [0.717, 1.165) is 6.42 Å². The first-order valence-corrected chi connectivity index (χ1v) is 6.17. The van der Waals surface area contributed by atoms with Crippen LogP contribution in [0.4, 0.5) is 0 Å². The Morgan fingerprint density at radius 2 is 2.06 bits per heavy atom. The molecule has 1 rings (SSSR count). The second-order valence-electron chi connectivity index (χ2n) is 4.73. The zero-order valence-electron chi connectivity index (χ0n) is 10.4. The van der Waals surface area contributed by atoms with Gasteiger partial charge in [0.05, 0.1) is 19.1 Å². The minimum atomic E-state index is 0.125. The van der Waals surface area contributed by atoms with Crippen molar-refractivity contribution in [2.75, 3.05) is 27.2 Å². The second-order valence-corrected chi connectivity index (χ2v) is 4.73. The Hall–Kier alpha value is -0.610. The van der Waals surface area contributed by atoms with E-state index in [9.17, 15) is 4.79 Å². The number of amides is 1. The zero-order valence-corrected chi connectivity index (χ0v) is 10.4. The molecule has 2 unspecified atom stereocenters. The van der Waals surface area contributed by atoms with Crippen molar-refractivity contribution in [2.24, 2.45) is 11.7 Å². The van der Waals surface area contributed by atoms with Gasteiger partial charge in [-0.25, -0.2) is 0 Å². The predicted octanol–water partition coefficient (Wildman–Crippen LogP) is 0.999. The highest BCUT2D eigenvalue weighted by molar-refractivity contribution is 5.75. The van der Waals surface area contributed by atoms with E-state index in [2.05, 4.69) is 0 Å². The Morgan fingerprint density at radius 3 is 2.69 bits per heavy atom. The molecule has 0 aromatic rings. The van der Waals surface area contributed by atoms with Gasteiger partial charge in [0.1, 0.15) is 0 Å². The Kier molecular flexibility index (Phi) is 5.77. The number of nitrogens with zero attached hydrogens (tertiary/aromatic N) is 1. The maximum atomic E-state index is 11.4. The second kappa shape index (κ2) is 6.86. The van der Waals surface area contributed by atoms with Crippen LogP contribution in [0, 0.1) is 5.92 Å². The van der Waals surface area contributed by atoms with Crippen molar-refractivity contribution in [1.29, 1.82) is 0 Å². The molecule has 2 N–H and O–H groups in total. The summed E-state index contributed by atoms with van der Waals surface area (Å²) in [5.74, 6) is 0.614. The molecule has 94 valence electrons. The first-order valence-electron chi connectivity index (χ1n) is 6.17. The van der Waals surface area contributed by atoms with Gasteiger partial charge >= 0.3 is 0 Å². The topological polar surface area (TPSA) is 55.6 Å². The van der Waals surface area contributed by atoms with Crippen LogP contribution in [0.25, 0.3) is 0 Å². The van der Waals surface area contributed by atoms with Gasteiger partial charge in [0, 0.05) is 14.1 Å². The van der Waals surface area contributed by atoms with E-state index >= 15 is 0 Å². The molecule has 0 heterocycles. The molecule has 1 saturated carbocycles. The van der Waals surface area contributed by atoms with Gasteiger partial charge in [0.2, 0.25) is 5.91 Å². The van der Waals surface area contributed by atoms with Gasteiger partial charge < -0.3 is 15.4 Å². The van der Waals surface area contributed by atoms with E-state index in [0.29, 0.717) is 25.5 Å². The zero-order chi connectivity index (χ0) is 12.0. The van der Waals surface area contributed by atoms with Crippen LogP contribution in [0.15, 0.2) is 0 Å². The van der Waals surface area contributed by atoms with Crippen molar-refractivity contribution in [1.82, 2.24) is 4.90 Å². The third kappa shape index (κ3) is 4.10. The van der Waals surface area contributed by atoms with Crippen molar-refractivity contribution >= 4 is 5.91 Å². The quantitative estimate of drug-likeness (QED) is 0.763. The molecular formula is C12H24N2O2. The molecule has 1 fully saturated rings. The monoisotopic (exact) mass is 228 g/mol. The van der Waals surface area contributed by atoms with Crippen molar-refractivity contribution in [2.45, 2.75) is 38.2 Å². The van der Waals surface area contributed by atoms with Crippen LogP contribution in [-0.2, 0) is 9.53 Å². The summed E-state index contributed by atoms with van der Waals surface area (Å²) in [5.41, 5.74) is 5.72. The van der Waals surface area contributed by atoms with Crippen molar-refractivity contribution in [3.63, 3.8) is 0 Å². The van der Waals surface area contributed by atoms with Crippen LogP contribution in [0.3, 0.4) is 0 Å². The Bertz CT molecular complexity index is 219. The number of ether oxygens (including phenoxy) is 1. The summed E-state index contributed by atoms with van der Waals surface area (Å²) in [6, 6.07) is 0. The smallest absolute Gasteiger partial charge is 0.224 e. The van der Waals surface area contributed by atoms with Crippen molar-refractivity contribution < 1.29 is 9.53 Å². The summed E-state index contributed by atoms with van der Waals surface area (Å²) in [4.78, 5) is 13.0. The van der Waals surface area contributed by atoms with Gasteiger partial charge in [-0.05, 0) is 25.3 Å². The Labute approximate surface area is 98.1 Å². The van der Waals surface area contributed by atoms with Gasteiger partial charge in [0.25, 0.3) is 0 Å². The fourth-order valence-electron chi connectivity index (χ4n) is 2.18. The average Bonchev–Trinajstić information content (AvgIpc) is 2.29. The lowest BCUT2D eigenvalue weighted by atomic mass is 9.86. The van der Waals surface area contributed by atoms with Crippen molar-refractivity contribution in [3.8, 4) is 0 Å². The van der Waals surface area contributed by atoms with Gasteiger partial charge in [0.15, 0.2) is 0 Å². The van der Waals surface area contributed by atoms with E-state index in [1.165, 1.54) is 19.3 Å². The summed E-state index contributed by atoms with van der Waals surface area (Å²) in [5, 5.41) is 0. The van der Waals surface area contributed by atoms with E-state index < -0.39 is 0 Å². The summed E-state index contributed by atoms with van der Waals surface area (Å²) in [6.45, 7) is 1.23. The molecule has 1 aliphatic carbocycles. The number of rotatable bonds is 5. The van der Waals surface area contributed by atoms with Gasteiger partial charge in [-0.3, -0.25) is 4.79 Å². The number of carbonyl (C=O) groups excluding carboxylic acids is 1. The maximum Gasteiger partial charge on any atom is 0.224 e. The lowest BCUT2D eigenvalue weighted by Gasteiger charge is -2.30. The maximum absolute atomic E-state index is 11.4. The van der Waals surface area contributed by atoms with Crippen LogP contribution < -0.4 is 5.73 Å². The summed E-state index contributed by atoms with van der Waals surface area (Å²) < 4.78 is 5.78. The van der Waals surface area contributed by atoms with E-state index in [1.54, 1.807) is 19.0 Å². The minimum Gasteiger partial charge on any atom is -0.377 e. The first kappa shape index (κ1) is 13.5. The molecule has 0 aromatic carbocycles. The molecule has 16 heavy (non-hydrogen) atoms. The number of carbonyl (C=O) groups is 1. The normalized spacial score (nSPS) is 25.4. The van der Waals surface area contributed by atoms with Crippen LogP contribution >= 0.6 is 0 Å². The third-order valence-corrected chi connectivity index (χ3v) is 3.29. The minimum absolute atomic E-state index is 0.125. The molecule has 1 aliphatic rings. The fourth-order valence-corrected chi connectivity index (χ4v) is 2.18. The highest BCUT2D eigenvalue weighted by atomic mass is 16.5. The summed E-state index contributed by atoms with van der Waals surface area (Å²) in [6.07, 6.45) is 5.50. The predicted molar refractivity (Wildman–Crippen MR) is 64.1 cm³/mol. The van der Waals surface area contributed by atoms with Crippen LogP contribution in [0.2, 0.25) is 0 Å². The standard InChI is InChI=1S/C12H24N2O2/c1-14(2)12(15)7-8-16-11-6-4-3-5-10(11)9-13/h10-11H,3-9,13H2,1-2H3. The van der Waals surface area contributed by atoms with Crippen LogP contribution in [0.1, 0.15) is 32.1 Å². The number of nitrogens with two attached hydrogens (primary N) is 1. The molecular weight excluding hydrogens is 204 g/mol. The molecule has 0 saturated heterocycles. The van der Waals surface area contributed by atoms with Crippen LogP contribution in [0.5, 0.6) is 0 Å². The highest BCUT2D eigenvalue weighted by Crippen LogP contribution is 2.26. The molecule has 4 nitrogen and oxygen atoms in total. The molecule has 0 aromatic heterocycles. The Morgan fingerprint density at radius 1 is 1.38 bits per heavy atom. The molecule has 0 radical (unpaired) electrons. The SMILES string of the molecule is CN(C)C(=O)CCOC1CCCCC1CN. The van der Waals surface area contributed by atoms with E-state index in [1.807, 2.05) is 0 Å². The van der Waals surface area contributed by atoms with E-state index in [4.69, 9.17) is 10.5 Å². The lowest BCUT2D eigenvalue weighted by Crippen LogP contribution is -2.34. The molecule has 2 atom stereocenters. The number of hydrogen-bond acceptors (Lipinski definition) is 3. The molecule has 1 amide bonds. The fraction of sp³-hybridized carbons (Fsp3) is 0.917. The van der Waals surface area contributed by atoms with E-state index in [-0.39, 0.29) is 12.0 Å². The van der Waals surface area contributed by atoms with Gasteiger partial charge in [-0.1, -0.05) is 12.8 Å². The number of hydrogen-bond donors (Lipinski definition) is 1.